The minimum absolute atomic E-state index is 0.228. The van der Waals surface area contributed by atoms with E-state index in [1.807, 2.05) is 36.4 Å². The van der Waals surface area contributed by atoms with E-state index in [1.54, 1.807) is 30.5 Å². The average molecular weight is 382 g/mol. The largest absolute Gasteiger partial charge is 0.467 e. The number of halogens is 1. The van der Waals surface area contributed by atoms with Crippen LogP contribution in [-0.4, -0.2) is 5.91 Å². The van der Waals surface area contributed by atoms with Crippen LogP contribution in [0.5, 0.6) is 0 Å². The van der Waals surface area contributed by atoms with E-state index in [0.717, 1.165) is 16.7 Å². The van der Waals surface area contributed by atoms with Gasteiger partial charge in [-0.3, -0.25) is 4.79 Å². The van der Waals surface area contributed by atoms with Gasteiger partial charge in [-0.15, -0.1) is 0 Å². The highest BCUT2D eigenvalue weighted by molar-refractivity contribution is 6.31. The van der Waals surface area contributed by atoms with Gasteiger partial charge in [0, 0.05) is 16.1 Å². The second-order valence-electron chi connectivity index (χ2n) is 6.02. The summed E-state index contributed by atoms with van der Waals surface area (Å²) in [6, 6.07) is 18.0. The SMILES string of the molecule is O=C(Nc1cccc(COCc2ccco2)c1)c1cc2cc(Cl)ccc2o1. The van der Waals surface area contributed by atoms with Crippen LogP contribution in [0.1, 0.15) is 21.9 Å². The van der Waals surface area contributed by atoms with Gasteiger partial charge in [0.25, 0.3) is 5.91 Å². The monoisotopic (exact) mass is 381 g/mol. The summed E-state index contributed by atoms with van der Waals surface area (Å²) in [6.07, 6.45) is 1.61. The van der Waals surface area contributed by atoms with Crippen LogP contribution in [-0.2, 0) is 18.0 Å². The highest BCUT2D eigenvalue weighted by Gasteiger charge is 2.13. The molecule has 0 aliphatic heterocycles. The fraction of sp³-hybridized carbons (Fsp3) is 0.0952. The number of hydrogen-bond acceptors (Lipinski definition) is 4. The molecule has 0 saturated heterocycles. The van der Waals surface area contributed by atoms with E-state index in [1.165, 1.54) is 0 Å². The van der Waals surface area contributed by atoms with E-state index in [9.17, 15) is 4.79 Å². The minimum Gasteiger partial charge on any atom is -0.467 e. The van der Waals surface area contributed by atoms with Crippen molar-refractivity contribution in [3.8, 4) is 0 Å². The van der Waals surface area contributed by atoms with E-state index >= 15 is 0 Å². The molecule has 4 rings (SSSR count). The molecule has 0 radical (unpaired) electrons. The van der Waals surface area contributed by atoms with Crippen LogP contribution in [0, 0.1) is 0 Å². The Labute approximate surface area is 160 Å². The summed E-state index contributed by atoms with van der Waals surface area (Å²) in [7, 11) is 0. The lowest BCUT2D eigenvalue weighted by molar-refractivity contribution is 0.0929. The number of ether oxygens (including phenoxy) is 1. The lowest BCUT2D eigenvalue weighted by atomic mass is 10.2. The predicted molar refractivity (Wildman–Crippen MR) is 103 cm³/mol. The quantitative estimate of drug-likeness (QED) is 0.468. The van der Waals surface area contributed by atoms with E-state index in [2.05, 4.69) is 5.32 Å². The molecular formula is C21H16ClNO4. The number of amides is 1. The molecule has 0 saturated carbocycles. The van der Waals surface area contributed by atoms with Crippen molar-refractivity contribution < 1.29 is 18.4 Å². The molecule has 2 aromatic heterocycles. The van der Waals surface area contributed by atoms with Crippen LogP contribution >= 0.6 is 11.6 Å². The predicted octanol–water partition coefficient (Wildman–Crippen LogP) is 5.65. The lowest BCUT2D eigenvalue weighted by Gasteiger charge is -2.07. The van der Waals surface area contributed by atoms with Crippen LogP contribution in [0.4, 0.5) is 5.69 Å². The standard InChI is InChI=1S/C21H16ClNO4/c22-16-6-7-19-15(10-16)11-20(27-19)21(24)23-17-4-1-3-14(9-17)12-25-13-18-5-2-8-26-18/h1-11H,12-13H2,(H,23,24). The maximum Gasteiger partial charge on any atom is 0.291 e. The van der Waals surface area contributed by atoms with Crippen molar-refractivity contribution in [3.63, 3.8) is 0 Å². The summed E-state index contributed by atoms with van der Waals surface area (Å²) in [6.45, 7) is 0.804. The molecule has 1 N–H and O–H groups in total. The zero-order valence-corrected chi connectivity index (χ0v) is 15.0. The van der Waals surface area contributed by atoms with Crippen molar-refractivity contribution in [2.24, 2.45) is 0 Å². The molecule has 4 aromatic rings. The van der Waals surface area contributed by atoms with Gasteiger partial charge in [0.1, 0.15) is 18.0 Å². The Morgan fingerprint density at radius 3 is 2.81 bits per heavy atom. The van der Waals surface area contributed by atoms with Crippen LogP contribution in [0.2, 0.25) is 5.02 Å². The van der Waals surface area contributed by atoms with Gasteiger partial charge < -0.3 is 18.9 Å². The van der Waals surface area contributed by atoms with Gasteiger partial charge in [-0.1, -0.05) is 23.7 Å². The fourth-order valence-electron chi connectivity index (χ4n) is 2.72. The van der Waals surface area contributed by atoms with Crippen LogP contribution in [0.3, 0.4) is 0 Å². The first kappa shape index (κ1) is 17.4. The summed E-state index contributed by atoms with van der Waals surface area (Å²) in [4.78, 5) is 12.5. The molecule has 2 heterocycles. The molecule has 0 aliphatic carbocycles. The third-order valence-electron chi connectivity index (χ3n) is 3.98. The number of rotatable bonds is 6. The molecule has 0 aliphatic rings. The zero-order chi connectivity index (χ0) is 18.6. The smallest absolute Gasteiger partial charge is 0.291 e. The van der Waals surface area contributed by atoms with E-state index < -0.39 is 0 Å². The number of hydrogen-bond donors (Lipinski definition) is 1. The average Bonchev–Trinajstić information content (AvgIpc) is 3.31. The van der Waals surface area contributed by atoms with E-state index in [-0.39, 0.29) is 11.7 Å². The number of anilines is 1. The van der Waals surface area contributed by atoms with E-state index in [4.69, 9.17) is 25.2 Å². The van der Waals surface area contributed by atoms with Crippen LogP contribution in [0.25, 0.3) is 11.0 Å². The fourth-order valence-corrected chi connectivity index (χ4v) is 2.90. The highest BCUT2D eigenvalue weighted by atomic mass is 35.5. The Morgan fingerprint density at radius 1 is 1.04 bits per heavy atom. The third kappa shape index (κ3) is 4.22. The number of carbonyl (C=O) groups is 1. The molecule has 2 aromatic carbocycles. The Bertz CT molecular complexity index is 1070. The second kappa shape index (κ2) is 7.70. The maximum absolute atomic E-state index is 12.5. The minimum atomic E-state index is -0.323. The first-order valence-electron chi connectivity index (χ1n) is 8.37. The second-order valence-corrected chi connectivity index (χ2v) is 6.46. The molecule has 0 unspecified atom stereocenters. The zero-order valence-electron chi connectivity index (χ0n) is 14.3. The van der Waals surface area contributed by atoms with Crippen LogP contribution < -0.4 is 5.32 Å². The molecular weight excluding hydrogens is 366 g/mol. The molecule has 0 spiro atoms. The molecule has 0 atom stereocenters. The number of fused-ring (bicyclic) bond motifs is 1. The Balaban J connectivity index is 1.41. The Morgan fingerprint density at radius 2 is 1.96 bits per heavy atom. The van der Waals surface area contributed by atoms with Gasteiger partial charge in [0.05, 0.1) is 12.9 Å². The Hall–Kier alpha value is -3.02. The topological polar surface area (TPSA) is 64.6 Å². The summed E-state index contributed by atoms with van der Waals surface area (Å²) in [5.41, 5.74) is 2.22. The van der Waals surface area contributed by atoms with Crippen molar-refractivity contribution >= 4 is 34.2 Å². The first-order valence-corrected chi connectivity index (χ1v) is 8.75. The summed E-state index contributed by atoms with van der Waals surface area (Å²) >= 11 is 5.97. The summed E-state index contributed by atoms with van der Waals surface area (Å²) in [5, 5.41) is 4.22. The van der Waals surface area contributed by atoms with Crippen molar-refractivity contribution in [1.29, 1.82) is 0 Å². The van der Waals surface area contributed by atoms with Gasteiger partial charge >= 0.3 is 0 Å². The van der Waals surface area contributed by atoms with Crippen molar-refractivity contribution in [2.45, 2.75) is 13.2 Å². The molecule has 0 fully saturated rings. The van der Waals surface area contributed by atoms with Crippen molar-refractivity contribution in [2.75, 3.05) is 5.32 Å². The van der Waals surface area contributed by atoms with Gasteiger partial charge in [-0.2, -0.15) is 0 Å². The molecule has 5 nitrogen and oxygen atoms in total. The first-order chi connectivity index (χ1) is 13.2. The Kier molecular flexibility index (Phi) is 4.96. The number of benzene rings is 2. The molecule has 0 bridgehead atoms. The van der Waals surface area contributed by atoms with Gasteiger partial charge in [0.15, 0.2) is 5.76 Å². The van der Waals surface area contributed by atoms with Gasteiger partial charge in [-0.05, 0) is 54.1 Å². The summed E-state index contributed by atoms with van der Waals surface area (Å²) < 4.78 is 16.4. The number of nitrogens with one attached hydrogen (secondary N) is 1. The molecule has 6 heteroatoms. The van der Waals surface area contributed by atoms with Gasteiger partial charge in [0.2, 0.25) is 0 Å². The van der Waals surface area contributed by atoms with Crippen LogP contribution in [0.15, 0.2) is 75.8 Å². The molecule has 1 amide bonds. The van der Waals surface area contributed by atoms with Crippen molar-refractivity contribution in [1.82, 2.24) is 0 Å². The van der Waals surface area contributed by atoms with Crippen molar-refractivity contribution in [3.05, 3.63) is 89.0 Å². The number of carbonyl (C=O) groups excluding carboxylic acids is 1. The van der Waals surface area contributed by atoms with Gasteiger partial charge in [-0.25, -0.2) is 0 Å². The maximum atomic E-state index is 12.5. The normalized spacial score (nSPS) is 11.0. The number of furan rings is 2. The highest BCUT2D eigenvalue weighted by Crippen LogP contribution is 2.24. The molecule has 27 heavy (non-hydrogen) atoms. The molecule has 136 valence electrons. The summed E-state index contributed by atoms with van der Waals surface area (Å²) in [5.74, 6) is 0.673. The third-order valence-corrected chi connectivity index (χ3v) is 4.22. The lowest BCUT2D eigenvalue weighted by Crippen LogP contribution is -2.11. The van der Waals surface area contributed by atoms with E-state index in [0.29, 0.717) is 29.5 Å².